The van der Waals surface area contributed by atoms with E-state index >= 15 is 0 Å². The Bertz CT molecular complexity index is 474. The molecule has 122 valence electrons. The Balaban J connectivity index is 2.25. The van der Waals surface area contributed by atoms with Crippen LogP contribution in [0, 0.1) is 0 Å². The van der Waals surface area contributed by atoms with E-state index in [1.807, 2.05) is 0 Å². The molecule has 1 aliphatic heterocycles. The van der Waals surface area contributed by atoms with E-state index in [-0.39, 0.29) is 25.0 Å². The van der Waals surface area contributed by atoms with E-state index < -0.39 is 18.0 Å². The van der Waals surface area contributed by atoms with Crippen LogP contribution in [-0.4, -0.2) is 61.5 Å². The highest BCUT2D eigenvalue weighted by molar-refractivity contribution is 5.91. The topological polar surface area (TPSA) is 102 Å². The molecule has 1 fully saturated rings. The second-order valence-corrected chi connectivity index (χ2v) is 4.69. The second kappa shape index (κ2) is 8.81. The van der Waals surface area contributed by atoms with Gasteiger partial charge in [0.2, 0.25) is 11.8 Å². The zero-order chi connectivity index (χ0) is 16.5. The fourth-order valence-corrected chi connectivity index (χ4v) is 2.11. The minimum atomic E-state index is -0.703. The summed E-state index contributed by atoms with van der Waals surface area (Å²) in [5, 5.41) is 2.62. The molecule has 1 aliphatic rings. The number of carbonyl (C=O) groups excluding carboxylic acids is 4. The van der Waals surface area contributed by atoms with Gasteiger partial charge in [-0.1, -0.05) is 0 Å². The van der Waals surface area contributed by atoms with Crippen molar-refractivity contribution in [1.29, 1.82) is 0 Å². The highest BCUT2D eigenvalue weighted by atomic mass is 16.5. The normalized spacial score (nSPS) is 17.4. The summed E-state index contributed by atoms with van der Waals surface area (Å²) in [6.45, 7) is 2.13. The maximum absolute atomic E-state index is 11.9. The van der Waals surface area contributed by atoms with Gasteiger partial charge in [0.25, 0.3) is 0 Å². The molecular formula is C14H20N2O6. The fourth-order valence-electron chi connectivity index (χ4n) is 2.11. The fraction of sp³-hybridized carbons (Fsp3) is 0.571. The number of nitrogens with one attached hydrogen (secondary N) is 1. The van der Waals surface area contributed by atoms with Crippen molar-refractivity contribution in [1.82, 2.24) is 10.2 Å². The molecule has 0 spiro atoms. The van der Waals surface area contributed by atoms with Crippen LogP contribution in [0.5, 0.6) is 0 Å². The number of rotatable bonds is 6. The lowest BCUT2D eigenvalue weighted by Crippen LogP contribution is -2.45. The second-order valence-electron chi connectivity index (χ2n) is 4.69. The minimum Gasteiger partial charge on any atom is -0.466 e. The number of hydrogen-bond donors (Lipinski definition) is 1. The zero-order valence-electron chi connectivity index (χ0n) is 12.7. The highest BCUT2D eigenvalue weighted by Crippen LogP contribution is 2.17. The summed E-state index contributed by atoms with van der Waals surface area (Å²) in [7, 11) is 1.20. The van der Waals surface area contributed by atoms with Crippen molar-refractivity contribution >= 4 is 23.8 Å². The number of methoxy groups -OCH3 is 1. The summed E-state index contributed by atoms with van der Waals surface area (Å²) in [5.74, 6) is -1.74. The van der Waals surface area contributed by atoms with Gasteiger partial charge >= 0.3 is 11.9 Å². The summed E-state index contributed by atoms with van der Waals surface area (Å²) in [4.78, 5) is 46.8. The van der Waals surface area contributed by atoms with E-state index in [0.717, 1.165) is 18.6 Å². The highest BCUT2D eigenvalue weighted by Gasteiger charge is 2.31. The Kier molecular flexibility index (Phi) is 7.07. The standard InChI is InChI=1S/C14H20N2O6/c1-10(17)16-8-3-4-11(16)14(20)15-7-9-22-13(19)6-5-12(18)21-2/h5-6,11H,3-4,7-9H2,1-2H3,(H,15,20)/b6-5+/t11-/m0/s1. The third-order valence-electron chi connectivity index (χ3n) is 3.16. The van der Waals surface area contributed by atoms with E-state index in [1.54, 1.807) is 0 Å². The molecule has 0 radical (unpaired) electrons. The van der Waals surface area contributed by atoms with Crippen molar-refractivity contribution in [3.63, 3.8) is 0 Å². The Morgan fingerprint density at radius 2 is 1.91 bits per heavy atom. The van der Waals surface area contributed by atoms with Crippen LogP contribution in [0.15, 0.2) is 12.2 Å². The van der Waals surface area contributed by atoms with Crippen LogP contribution in [0.1, 0.15) is 19.8 Å². The van der Waals surface area contributed by atoms with Crippen LogP contribution < -0.4 is 5.32 Å². The summed E-state index contributed by atoms with van der Waals surface area (Å²) in [6.07, 6.45) is 3.32. The zero-order valence-corrected chi connectivity index (χ0v) is 12.7. The van der Waals surface area contributed by atoms with Crippen LogP contribution in [0.4, 0.5) is 0 Å². The third kappa shape index (κ3) is 5.55. The number of carbonyl (C=O) groups is 4. The van der Waals surface area contributed by atoms with Crippen LogP contribution in [0.3, 0.4) is 0 Å². The van der Waals surface area contributed by atoms with Crippen molar-refractivity contribution in [2.45, 2.75) is 25.8 Å². The number of amides is 2. The molecule has 8 heteroatoms. The third-order valence-corrected chi connectivity index (χ3v) is 3.16. The molecule has 22 heavy (non-hydrogen) atoms. The Labute approximate surface area is 128 Å². The van der Waals surface area contributed by atoms with E-state index in [9.17, 15) is 19.2 Å². The Morgan fingerprint density at radius 1 is 1.23 bits per heavy atom. The SMILES string of the molecule is COC(=O)/C=C/C(=O)OCCNC(=O)[C@@H]1CCCN1C(C)=O. The van der Waals surface area contributed by atoms with Crippen molar-refractivity contribution < 1.29 is 28.7 Å². The number of ether oxygens (including phenoxy) is 2. The molecule has 1 rings (SSSR count). The van der Waals surface area contributed by atoms with Gasteiger partial charge in [-0.15, -0.1) is 0 Å². The van der Waals surface area contributed by atoms with Gasteiger partial charge in [-0.3, -0.25) is 9.59 Å². The molecule has 0 aromatic heterocycles. The van der Waals surface area contributed by atoms with E-state index in [1.165, 1.54) is 18.9 Å². The average molecular weight is 312 g/mol. The van der Waals surface area contributed by atoms with Crippen LogP contribution in [-0.2, 0) is 28.7 Å². The first kappa shape index (κ1) is 17.7. The van der Waals surface area contributed by atoms with E-state index in [2.05, 4.69) is 10.1 Å². The monoisotopic (exact) mass is 312 g/mol. The molecule has 0 saturated carbocycles. The molecule has 8 nitrogen and oxygen atoms in total. The summed E-state index contributed by atoms with van der Waals surface area (Å²) < 4.78 is 9.12. The number of nitrogens with zero attached hydrogens (tertiary/aromatic N) is 1. The number of likely N-dealkylation sites (tertiary alicyclic amines) is 1. The minimum absolute atomic E-state index is 0.0249. The van der Waals surface area contributed by atoms with Crippen LogP contribution >= 0.6 is 0 Å². The lowest BCUT2D eigenvalue weighted by molar-refractivity contribution is -0.140. The molecule has 1 atom stereocenters. The Hall–Kier alpha value is -2.38. The lowest BCUT2D eigenvalue weighted by atomic mass is 10.2. The Morgan fingerprint density at radius 3 is 2.55 bits per heavy atom. The first-order chi connectivity index (χ1) is 10.5. The van der Waals surface area contributed by atoms with Gasteiger partial charge in [0, 0.05) is 25.6 Å². The maximum Gasteiger partial charge on any atom is 0.331 e. The van der Waals surface area contributed by atoms with Crippen molar-refractivity contribution in [2.75, 3.05) is 26.8 Å². The smallest absolute Gasteiger partial charge is 0.331 e. The molecule has 2 amide bonds. The predicted octanol–water partition coefficient (Wildman–Crippen LogP) is -0.614. The van der Waals surface area contributed by atoms with E-state index in [0.29, 0.717) is 13.0 Å². The predicted molar refractivity (Wildman–Crippen MR) is 75.5 cm³/mol. The van der Waals surface area contributed by atoms with Crippen LogP contribution in [0.2, 0.25) is 0 Å². The van der Waals surface area contributed by atoms with Gasteiger partial charge in [-0.05, 0) is 12.8 Å². The van der Waals surface area contributed by atoms with Crippen molar-refractivity contribution in [3.05, 3.63) is 12.2 Å². The largest absolute Gasteiger partial charge is 0.466 e. The molecule has 1 N–H and O–H groups in total. The summed E-state index contributed by atoms with van der Waals surface area (Å²) in [6, 6.07) is -0.451. The average Bonchev–Trinajstić information content (AvgIpc) is 2.98. The van der Waals surface area contributed by atoms with E-state index in [4.69, 9.17) is 4.74 Å². The first-order valence-corrected chi connectivity index (χ1v) is 6.93. The molecule has 1 saturated heterocycles. The molecule has 0 aliphatic carbocycles. The lowest BCUT2D eigenvalue weighted by Gasteiger charge is -2.22. The first-order valence-electron chi connectivity index (χ1n) is 6.93. The number of esters is 2. The molecule has 0 unspecified atom stereocenters. The van der Waals surface area contributed by atoms with Gasteiger partial charge in [0.05, 0.1) is 13.7 Å². The van der Waals surface area contributed by atoms with Gasteiger partial charge in [-0.2, -0.15) is 0 Å². The van der Waals surface area contributed by atoms with Gasteiger partial charge in [0.1, 0.15) is 12.6 Å². The van der Waals surface area contributed by atoms with Crippen LogP contribution in [0.25, 0.3) is 0 Å². The summed E-state index contributed by atoms with van der Waals surface area (Å²) in [5.41, 5.74) is 0. The molecule has 0 aromatic rings. The maximum atomic E-state index is 11.9. The molecule has 0 aromatic carbocycles. The van der Waals surface area contributed by atoms with Gasteiger partial charge < -0.3 is 19.7 Å². The molecule has 1 heterocycles. The quantitative estimate of drug-likeness (QED) is 0.399. The summed E-state index contributed by atoms with van der Waals surface area (Å²) >= 11 is 0. The van der Waals surface area contributed by atoms with Gasteiger partial charge in [-0.25, -0.2) is 9.59 Å². The molecule has 0 bridgehead atoms. The molecular weight excluding hydrogens is 292 g/mol. The van der Waals surface area contributed by atoms with Crippen molar-refractivity contribution in [3.8, 4) is 0 Å². The van der Waals surface area contributed by atoms with Gasteiger partial charge in [0.15, 0.2) is 0 Å². The number of hydrogen-bond acceptors (Lipinski definition) is 6. The van der Waals surface area contributed by atoms with Crippen molar-refractivity contribution in [2.24, 2.45) is 0 Å².